The van der Waals surface area contributed by atoms with Crippen LogP contribution in [0.2, 0.25) is 0 Å². The molecule has 6 heteroatoms. The molecule has 74 valence electrons. The molecule has 6 nitrogen and oxygen atoms in total. The van der Waals surface area contributed by atoms with Gasteiger partial charge in [0.05, 0.1) is 11.8 Å². The molecule has 0 amide bonds. The van der Waals surface area contributed by atoms with Gasteiger partial charge in [0.1, 0.15) is 11.0 Å². The van der Waals surface area contributed by atoms with Gasteiger partial charge in [0.15, 0.2) is 0 Å². The summed E-state index contributed by atoms with van der Waals surface area (Å²) in [5.41, 5.74) is 8.89. The van der Waals surface area contributed by atoms with Gasteiger partial charge in [-0.2, -0.15) is 15.4 Å². The second kappa shape index (κ2) is 2.81. The summed E-state index contributed by atoms with van der Waals surface area (Å²) in [5, 5.41) is 14.1. The minimum Gasteiger partial charge on any atom is -0.367 e. The van der Waals surface area contributed by atoms with Crippen LogP contribution in [0.4, 0.5) is 5.88 Å². The maximum absolute atomic E-state index is 5.62. The lowest BCUT2D eigenvalue weighted by Gasteiger charge is -1.96. The number of benzene rings is 1. The highest BCUT2D eigenvalue weighted by molar-refractivity contribution is 5.83. The van der Waals surface area contributed by atoms with Crippen molar-refractivity contribution in [3.8, 4) is 11.1 Å². The fraction of sp³-hybridized carbons (Fsp3) is 0. The number of aromatic amines is 1. The second-order valence-electron chi connectivity index (χ2n) is 3.13. The van der Waals surface area contributed by atoms with Crippen LogP contribution in [0.15, 0.2) is 28.9 Å². The van der Waals surface area contributed by atoms with Crippen molar-refractivity contribution in [2.24, 2.45) is 0 Å². The van der Waals surface area contributed by atoms with Crippen LogP contribution < -0.4 is 5.73 Å². The summed E-state index contributed by atoms with van der Waals surface area (Å²) in [7, 11) is 0. The summed E-state index contributed by atoms with van der Waals surface area (Å²) in [6.07, 6.45) is 1.58. The zero-order valence-corrected chi connectivity index (χ0v) is 7.64. The highest BCUT2D eigenvalue weighted by Gasteiger charge is 2.08. The second-order valence-corrected chi connectivity index (χ2v) is 3.13. The first-order chi connectivity index (χ1) is 7.34. The Bertz CT molecular complexity index is 612. The molecule has 0 aliphatic carbocycles. The first-order valence-corrected chi connectivity index (χ1v) is 4.35. The number of nitrogen functional groups attached to an aromatic ring is 1. The Morgan fingerprint density at radius 1 is 1.20 bits per heavy atom. The maximum atomic E-state index is 5.62. The van der Waals surface area contributed by atoms with Crippen molar-refractivity contribution < 1.29 is 4.52 Å². The molecule has 0 atom stereocenters. The average molecular weight is 201 g/mol. The van der Waals surface area contributed by atoms with Crippen LogP contribution in [0.5, 0.6) is 0 Å². The maximum Gasteiger partial charge on any atom is 0.229 e. The molecule has 0 saturated heterocycles. The Morgan fingerprint density at radius 3 is 2.87 bits per heavy atom. The number of rotatable bonds is 1. The summed E-state index contributed by atoms with van der Waals surface area (Å²) in [6.45, 7) is 0. The number of nitrogens with one attached hydrogen (secondary N) is 1. The minimum absolute atomic E-state index is 0.304. The van der Waals surface area contributed by atoms with Crippen molar-refractivity contribution in [1.82, 2.24) is 20.6 Å². The van der Waals surface area contributed by atoms with E-state index in [1.165, 1.54) is 0 Å². The van der Waals surface area contributed by atoms with Crippen molar-refractivity contribution >= 4 is 16.9 Å². The Morgan fingerprint density at radius 2 is 2.07 bits per heavy atom. The molecule has 0 aliphatic heterocycles. The summed E-state index contributed by atoms with van der Waals surface area (Å²) in [4.78, 5) is 0. The van der Waals surface area contributed by atoms with Gasteiger partial charge in [-0.05, 0) is 17.7 Å². The van der Waals surface area contributed by atoms with Crippen LogP contribution in [0.3, 0.4) is 0 Å². The van der Waals surface area contributed by atoms with E-state index in [9.17, 15) is 0 Å². The van der Waals surface area contributed by atoms with E-state index in [2.05, 4.69) is 20.6 Å². The highest BCUT2D eigenvalue weighted by atomic mass is 16.5. The fourth-order valence-electron chi connectivity index (χ4n) is 1.47. The lowest BCUT2D eigenvalue weighted by molar-refractivity contribution is 0.436. The molecular formula is C9H7N5O. The third kappa shape index (κ3) is 1.15. The molecule has 0 fully saturated rings. The molecule has 0 unspecified atom stereocenters. The Hall–Kier alpha value is -2.37. The van der Waals surface area contributed by atoms with Crippen LogP contribution in [0, 0.1) is 0 Å². The first-order valence-electron chi connectivity index (χ1n) is 4.35. The van der Waals surface area contributed by atoms with Crippen LogP contribution in [-0.2, 0) is 0 Å². The third-order valence-electron chi connectivity index (χ3n) is 2.23. The predicted molar refractivity (Wildman–Crippen MR) is 53.8 cm³/mol. The summed E-state index contributed by atoms with van der Waals surface area (Å²) < 4.78 is 4.80. The standard InChI is InChI=1S/C9H7N5O/c10-9-6(4-11-15-9)5-1-2-7-8(3-5)13-14-12-7/h1-4H,10H2,(H,12,13,14). The Balaban J connectivity index is 2.23. The van der Waals surface area contributed by atoms with Gasteiger partial charge in [0.2, 0.25) is 5.88 Å². The summed E-state index contributed by atoms with van der Waals surface area (Å²) in [6, 6.07) is 5.64. The topological polar surface area (TPSA) is 93.6 Å². The number of aromatic nitrogens is 4. The zero-order chi connectivity index (χ0) is 10.3. The van der Waals surface area contributed by atoms with Crippen LogP contribution in [0.25, 0.3) is 22.2 Å². The molecule has 0 bridgehead atoms. The highest BCUT2D eigenvalue weighted by Crippen LogP contribution is 2.26. The Kier molecular flexibility index (Phi) is 1.49. The molecule has 0 radical (unpaired) electrons. The van der Waals surface area contributed by atoms with E-state index in [1.807, 2.05) is 18.2 Å². The van der Waals surface area contributed by atoms with E-state index >= 15 is 0 Å². The number of H-pyrrole nitrogens is 1. The summed E-state index contributed by atoms with van der Waals surface area (Å²) >= 11 is 0. The number of anilines is 1. The molecule has 3 N–H and O–H groups in total. The average Bonchev–Trinajstić information content (AvgIpc) is 2.84. The van der Waals surface area contributed by atoms with Gasteiger partial charge in [-0.3, -0.25) is 0 Å². The zero-order valence-electron chi connectivity index (χ0n) is 7.64. The smallest absolute Gasteiger partial charge is 0.229 e. The van der Waals surface area contributed by atoms with E-state index < -0.39 is 0 Å². The van der Waals surface area contributed by atoms with Gasteiger partial charge in [-0.25, -0.2) is 0 Å². The SMILES string of the molecule is Nc1oncc1-c1ccc2n[nH]nc2c1. The summed E-state index contributed by atoms with van der Waals surface area (Å²) in [5.74, 6) is 0.304. The number of hydrogen-bond donors (Lipinski definition) is 2. The van der Waals surface area contributed by atoms with Crippen molar-refractivity contribution in [3.05, 3.63) is 24.4 Å². The lowest BCUT2D eigenvalue weighted by atomic mass is 10.1. The van der Waals surface area contributed by atoms with Crippen molar-refractivity contribution in [1.29, 1.82) is 0 Å². The van der Waals surface area contributed by atoms with Crippen LogP contribution >= 0.6 is 0 Å². The molecule has 2 heterocycles. The number of nitrogens with two attached hydrogens (primary N) is 1. The van der Waals surface area contributed by atoms with Gasteiger partial charge in [0, 0.05) is 0 Å². The third-order valence-corrected chi connectivity index (χ3v) is 2.23. The molecule has 3 rings (SSSR count). The van der Waals surface area contributed by atoms with Gasteiger partial charge in [0.25, 0.3) is 0 Å². The molecule has 0 saturated carbocycles. The van der Waals surface area contributed by atoms with Crippen molar-refractivity contribution in [3.63, 3.8) is 0 Å². The van der Waals surface area contributed by atoms with Gasteiger partial charge in [-0.15, -0.1) is 0 Å². The number of hydrogen-bond acceptors (Lipinski definition) is 5. The monoisotopic (exact) mass is 201 g/mol. The molecule has 15 heavy (non-hydrogen) atoms. The van der Waals surface area contributed by atoms with E-state index in [4.69, 9.17) is 10.3 Å². The first kappa shape index (κ1) is 7.98. The number of nitrogens with zero attached hydrogens (tertiary/aromatic N) is 3. The predicted octanol–water partition coefficient (Wildman–Crippen LogP) is 1.20. The molecule has 0 aliphatic rings. The molecule has 3 aromatic rings. The van der Waals surface area contributed by atoms with E-state index in [0.717, 1.165) is 22.2 Å². The molecule has 2 aromatic heterocycles. The van der Waals surface area contributed by atoms with Gasteiger partial charge < -0.3 is 10.3 Å². The van der Waals surface area contributed by atoms with Crippen molar-refractivity contribution in [2.75, 3.05) is 5.73 Å². The fourth-order valence-corrected chi connectivity index (χ4v) is 1.47. The van der Waals surface area contributed by atoms with E-state index in [1.54, 1.807) is 6.20 Å². The molecule has 0 spiro atoms. The minimum atomic E-state index is 0.304. The van der Waals surface area contributed by atoms with Crippen LogP contribution in [0.1, 0.15) is 0 Å². The van der Waals surface area contributed by atoms with E-state index in [-0.39, 0.29) is 0 Å². The van der Waals surface area contributed by atoms with Crippen molar-refractivity contribution in [2.45, 2.75) is 0 Å². The Labute approximate surface area is 84.1 Å². The van der Waals surface area contributed by atoms with Gasteiger partial charge in [-0.1, -0.05) is 11.2 Å². The number of fused-ring (bicyclic) bond motifs is 1. The largest absolute Gasteiger partial charge is 0.367 e. The molecular weight excluding hydrogens is 194 g/mol. The van der Waals surface area contributed by atoms with Gasteiger partial charge >= 0.3 is 0 Å². The molecule has 1 aromatic carbocycles. The van der Waals surface area contributed by atoms with Crippen LogP contribution in [-0.4, -0.2) is 20.6 Å². The normalized spacial score (nSPS) is 10.9. The quantitative estimate of drug-likeness (QED) is 0.616. The van der Waals surface area contributed by atoms with E-state index in [0.29, 0.717) is 5.88 Å². The lowest BCUT2D eigenvalue weighted by Crippen LogP contribution is -1.84.